The van der Waals surface area contributed by atoms with Crippen molar-refractivity contribution in [3.63, 3.8) is 0 Å². The van der Waals surface area contributed by atoms with Crippen LogP contribution in [0.15, 0.2) is 24.3 Å². The van der Waals surface area contributed by atoms with E-state index in [1.54, 1.807) is 6.92 Å². The molecule has 0 spiro atoms. The monoisotopic (exact) mass is 388 g/mol. The van der Waals surface area contributed by atoms with Crippen LogP contribution in [0.3, 0.4) is 0 Å². The Labute approximate surface area is 145 Å². The van der Waals surface area contributed by atoms with Crippen molar-refractivity contribution in [3.8, 4) is 5.75 Å². The Morgan fingerprint density at radius 1 is 1.12 bits per heavy atom. The van der Waals surface area contributed by atoms with Crippen LogP contribution in [0.1, 0.15) is 24.9 Å². The molecule has 148 valence electrons. The largest absolute Gasteiger partial charge is 0.573 e. The normalized spacial score (nSPS) is 13.2. The van der Waals surface area contributed by atoms with Crippen LogP contribution < -0.4 is 15.4 Å². The van der Waals surface area contributed by atoms with Crippen LogP contribution in [0.25, 0.3) is 0 Å². The number of halogens is 6. The molecule has 2 amide bonds. The molecule has 11 heteroatoms. The summed E-state index contributed by atoms with van der Waals surface area (Å²) in [6, 6.07) is 3.92. The van der Waals surface area contributed by atoms with Crippen molar-refractivity contribution in [2.75, 3.05) is 19.8 Å². The first-order valence-corrected chi connectivity index (χ1v) is 7.51. The molecule has 0 saturated carbocycles. The van der Waals surface area contributed by atoms with Gasteiger partial charge in [0.2, 0.25) is 0 Å². The molecule has 0 aliphatic carbocycles. The minimum absolute atomic E-state index is 0.106. The first kappa shape index (κ1) is 21.9. The summed E-state index contributed by atoms with van der Waals surface area (Å²) in [6.45, 7) is 0.223. The summed E-state index contributed by atoms with van der Waals surface area (Å²) in [4.78, 5) is 11.7. The number of ether oxygens (including phenoxy) is 2. The lowest BCUT2D eigenvalue weighted by molar-refractivity contribution is -0.274. The van der Waals surface area contributed by atoms with E-state index >= 15 is 0 Å². The maximum atomic E-state index is 12.1. The predicted octanol–water partition coefficient (Wildman–Crippen LogP) is 3.91. The highest BCUT2D eigenvalue weighted by atomic mass is 19.4. The Bertz CT molecular complexity index is 560. The molecule has 0 aliphatic heterocycles. The summed E-state index contributed by atoms with van der Waals surface area (Å²) in [7, 11) is 0. The molecule has 0 fully saturated rings. The molecule has 1 rings (SSSR count). The topological polar surface area (TPSA) is 59.6 Å². The Kier molecular flexibility index (Phi) is 8.00. The van der Waals surface area contributed by atoms with Crippen molar-refractivity contribution >= 4 is 6.03 Å². The number of rotatable bonds is 8. The molecule has 0 saturated heterocycles. The number of benzene rings is 1. The second-order valence-electron chi connectivity index (χ2n) is 5.26. The maximum Gasteiger partial charge on any atom is 0.573 e. The van der Waals surface area contributed by atoms with E-state index in [-0.39, 0.29) is 25.3 Å². The molecule has 1 aromatic carbocycles. The molecule has 5 nitrogen and oxygen atoms in total. The zero-order chi connectivity index (χ0) is 19.8. The lowest BCUT2D eigenvalue weighted by Gasteiger charge is -2.16. The minimum atomic E-state index is -4.78. The smallest absolute Gasteiger partial charge is 0.406 e. The molecule has 2 N–H and O–H groups in total. The Morgan fingerprint density at radius 2 is 1.73 bits per heavy atom. The van der Waals surface area contributed by atoms with E-state index in [0.717, 1.165) is 12.1 Å². The fourth-order valence-corrected chi connectivity index (χ4v) is 1.85. The first-order valence-electron chi connectivity index (χ1n) is 7.51. The van der Waals surface area contributed by atoms with Gasteiger partial charge >= 0.3 is 18.6 Å². The minimum Gasteiger partial charge on any atom is -0.406 e. The van der Waals surface area contributed by atoms with Gasteiger partial charge in [0, 0.05) is 13.2 Å². The van der Waals surface area contributed by atoms with E-state index in [1.807, 2.05) is 0 Å². The second-order valence-corrected chi connectivity index (χ2v) is 5.26. The van der Waals surface area contributed by atoms with Gasteiger partial charge in [0.15, 0.2) is 0 Å². The number of amides is 2. The summed E-state index contributed by atoms with van der Waals surface area (Å²) >= 11 is 0. The molecule has 0 radical (unpaired) electrons. The predicted molar refractivity (Wildman–Crippen MR) is 79.6 cm³/mol. The van der Waals surface area contributed by atoms with E-state index in [9.17, 15) is 31.1 Å². The molecule has 1 unspecified atom stereocenters. The van der Waals surface area contributed by atoms with Gasteiger partial charge in [-0.3, -0.25) is 0 Å². The molecular weight excluding hydrogens is 370 g/mol. The highest BCUT2D eigenvalue weighted by Gasteiger charge is 2.31. The van der Waals surface area contributed by atoms with Crippen LogP contribution in [0.5, 0.6) is 5.75 Å². The van der Waals surface area contributed by atoms with E-state index < -0.39 is 31.2 Å². The van der Waals surface area contributed by atoms with Crippen molar-refractivity contribution in [2.24, 2.45) is 0 Å². The number of carbonyl (C=O) groups is 1. The summed E-state index contributed by atoms with van der Waals surface area (Å²) in [6.07, 6.45) is -8.97. The molecule has 0 aromatic heterocycles. The summed E-state index contributed by atoms with van der Waals surface area (Å²) in [5, 5.41) is 4.98. The Balaban J connectivity index is 2.29. The van der Waals surface area contributed by atoms with Crippen LogP contribution in [-0.2, 0) is 4.74 Å². The first-order chi connectivity index (χ1) is 12.0. The van der Waals surface area contributed by atoms with Gasteiger partial charge in [-0.15, -0.1) is 13.2 Å². The third kappa shape index (κ3) is 9.97. The fraction of sp³-hybridized carbons (Fsp3) is 0.533. The van der Waals surface area contributed by atoms with Gasteiger partial charge in [0.1, 0.15) is 12.4 Å². The third-order valence-electron chi connectivity index (χ3n) is 2.98. The molecular formula is C15H18F6N2O3. The van der Waals surface area contributed by atoms with Crippen LogP contribution in [0.4, 0.5) is 31.1 Å². The number of nitrogens with one attached hydrogen (secondary N) is 2. The highest BCUT2D eigenvalue weighted by Crippen LogP contribution is 2.24. The number of carbonyl (C=O) groups excluding carboxylic acids is 1. The average molecular weight is 388 g/mol. The van der Waals surface area contributed by atoms with Crippen molar-refractivity contribution < 1.29 is 40.6 Å². The fourth-order valence-electron chi connectivity index (χ4n) is 1.85. The Hall–Kier alpha value is -2.17. The molecule has 26 heavy (non-hydrogen) atoms. The molecule has 0 heterocycles. The van der Waals surface area contributed by atoms with E-state index in [2.05, 4.69) is 20.1 Å². The van der Waals surface area contributed by atoms with Crippen LogP contribution in [0.2, 0.25) is 0 Å². The zero-order valence-corrected chi connectivity index (χ0v) is 13.7. The molecule has 1 aromatic rings. The zero-order valence-electron chi connectivity index (χ0n) is 13.7. The summed E-state index contributed by atoms with van der Waals surface area (Å²) < 4.78 is 79.9. The number of urea groups is 1. The van der Waals surface area contributed by atoms with Gasteiger partial charge < -0.3 is 20.1 Å². The van der Waals surface area contributed by atoms with Crippen LogP contribution >= 0.6 is 0 Å². The van der Waals surface area contributed by atoms with Gasteiger partial charge in [-0.1, -0.05) is 12.1 Å². The van der Waals surface area contributed by atoms with Crippen LogP contribution in [-0.4, -0.2) is 38.3 Å². The molecule has 1 atom stereocenters. The van der Waals surface area contributed by atoms with E-state index in [4.69, 9.17) is 0 Å². The average Bonchev–Trinajstić information content (AvgIpc) is 2.48. The number of hydrogen-bond acceptors (Lipinski definition) is 3. The van der Waals surface area contributed by atoms with Crippen molar-refractivity contribution in [2.45, 2.75) is 31.9 Å². The number of alkyl halides is 6. The van der Waals surface area contributed by atoms with Gasteiger partial charge in [-0.05, 0) is 31.0 Å². The second kappa shape index (κ2) is 9.51. The Morgan fingerprint density at radius 3 is 2.27 bits per heavy atom. The quantitative estimate of drug-likeness (QED) is 0.524. The van der Waals surface area contributed by atoms with Crippen LogP contribution in [0, 0.1) is 0 Å². The number of hydrogen-bond donors (Lipinski definition) is 2. The third-order valence-corrected chi connectivity index (χ3v) is 2.98. The summed E-state index contributed by atoms with van der Waals surface area (Å²) in [5.74, 6) is -0.378. The van der Waals surface area contributed by atoms with Crippen molar-refractivity contribution in [1.82, 2.24) is 10.6 Å². The molecule has 0 aliphatic rings. The van der Waals surface area contributed by atoms with E-state index in [0.29, 0.717) is 5.56 Å². The maximum absolute atomic E-state index is 12.1. The van der Waals surface area contributed by atoms with Crippen molar-refractivity contribution in [1.29, 1.82) is 0 Å². The van der Waals surface area contributed by atoms with Gasteiger partial charge in [-0.25, -0.2) is 4.79 Å². The van der Waals surface area contributed by atoms with Gasteiger partial charge in [0.05, 0.1) is 6.04 Å². The SMILES string of the molecule is CC(NC(=O)NCCCOCC(F)(F)F)c1ccc(OC(F)(F)F)cc1. The summed E-state index contributed by atoms with van der Waals surface area (Å²) in [5.41, 5.74) is 0.545. The van der Waals surface area contributed by atoms with E-state index in [1.165, 1.54) is 12.1 Å². The highest BCUT2D eigenvalue weighted by molar-refractivity contribution is 5.74. The lowest BCUT2D eigenvalue weighted by atomic mass is 10.1. The standard InChI is InChI=1S/C15H18F6N2O3/c1-10(11-3-5-12(6-4-11)26-15(19,20)21)23-13(24)22-7-2-8-25-9-14(16,17)18/h3-6,10H,2,7-9H2,1H3,(H2,22,23,24). The molecule has 0 bridgehead atoms. The van der Waals surface area contributed by atoms with Gasteiger partial charge in [0.25, 0.3) is 0 Å². The lowest BCUT2D eigenvalue weighted by Crippen LogP contribution is -2.37. The van der Waals surface area contributed by atoms with Crippen molar-refractivity contribution in [3.05, 3.63) is 29.8 Å². The van der Waals surface area contributed by atoms with Gasteiger partial charge in [-0.2, -0.15) is 13.2 Å².